The van der Waals surface area contributed by atoms with Crippen molar-refractivity contribution in [3.63, 3.8) is 0 Å². The summed E-state index contributed by atoms with van der Waals surface area (Å²) < 4.78 is 0. The van der Waals surface area contributed by atoms with E-state index in [0.29, 0.717) is 11.5 Å². The summed E-state index contributed by atoms with van der Waals surface area (Å²) in [4.78, 5) is 1.77. The third-order valence-corrected chi connectivity index (χ3v) is 8.78. The molecule has 2 aromatic carbocycles. The first-order valence-corrected chi connectivity index (χ1v) is 13.6. The maximum atomic E-state index is 10.8. The van der Waals surface area contributed by atoms with Crippen molar-refractivity contribution in [2.45, 2.75) is 88.9 Å². The molecule has 0 amide bonds. The highest BCUT2D eigenvalue weighted by Crippen LogP contribution is 2.52. The maximum absolute atomic E-state index is 10.8. The Kier molecular flexibility index (Phi) is 7.97. The van der Waals surface area contributed by atoms with E-state index in [1.807, 2.05) is 0 Å². The van der Waals surface area contributed by atoms with E-state index < -0.39 is 0 Å². The molecule has 0 radical (unpaired) electrons. The first-order chi connectivity index (χ1) is 13.4. The first kappa shape index (κ1) is 24.4. The second kappa shape index (κ2) is 9.49. The number of aromatic hydroxyl groups is 2. The molecule has 2 rings (SSSR count). The minimum Gasteiger partial charge on any atom is -0.506 e. The van der Waals surface area contributed by atoms with Crippen LogP contribution in [0.1, 0.15) is 77.6 Å². The lowest BCUT2D eigenvalue weighted by Gasteiger charge is -2.23. The lowest BCUT2D eigenvalue weighted by molar-refractivity contribution is 0.433. The van der Waals surface area contributed by atoms with Crippen molar-refractivity contribution < 1.29 is 10.2 Å². The average molecular weight is 451 g/mol. The quantitative estimate of drug-likeness (QED) is 0.433. The van der Waals surface area contributed by atoms with Gasteiger partial charge in [0.25, 0.3) is 0 Å². The lowest BCUT2D eigenvalue weighted by Crippen LogP contribution is -2.12. The van der Waals surface area contributed by atoms with Crippen molar-refractivity contribution in [2.75, 3.05) is 0 Å². The molecule has 0 heterocycles. The molecule has 5 heteroatoms. The SMILES string of the molecule is CCc1cc(SSSc2cc(CC)cc(C(C)(C)C)c2O)c(O)c(C(C)(C)C)c1. The predicted octanol–water partition coefficient (Wildman–Crippen LogP) is 8.27. The number of hydrogen-bond donors (Lipinski definition) is 2. The molecule has 0 fully saturated rings. The van der Waals surface area contributed by atoms with Crippen LogP contribution in [0.5, 0.6) is 11.5 Å². The fourth-order valence-corrected chi connectivity index (χ4v) is 6.99. The van der Waals surface area contributed by atoms with Crippen LogP contribution >= 0.6 is 31.4 Å². The third kappa shape index (κ3) is 6.05. The van der Waals surface area contributed by atoms with Crippen molar-refractivity contribution in [1.29, 1.82) is 0 Å². The summed E-state index contributed by atoms with van der Waals surface area (Å²) in [7, 11) is 4.69. The van der Waals surface area contributed by atoms with Crippen LogP contribution in [-0.4, -0.2) is 10.2 Å². The highest BCUT2D eigenvalue weighted by molar-refractivity contribution is 9.09. The van der Waals surface area contributed by atoms with Crippen molar-refractivity contribution >= 4 is 31.4 Å². The van der Waals surface area contributed by atoms with Crippen LogP contribution in [0.2, 0.25) is 0 Å². The molecule has 2 N–H and O–H groups in total. The summed E-state index contributed by atoms with van der Waals surface area (Å²) >= 11 is 0. The van der Waals surface area contributed by atoms with Crippen LogP contribution in [-0.2, 0) is 23.7 Å². The summed E-state index contributed by atoms with van der Waals surface area (Å²) in [6.07, 6.45) is 1.87. The zero-order valence-corrected chi connectivity index (χ0v) is 21.3. The van der Waals surface area contributed by atoms with Crippen molar-refractivity contribution in [2.24, 2.45) is 0 Å². The number of hydrogen-bond acceptors (Lipinski definition) is 5. The zero-order chi connectivity index (χ0) is 22.0. The molecule has 29 heavy (non-hydrogen) atoms. The number of aryl methyl sites for hydroxylation is 2. The molecule has 2 nitrogen and oxygen atoms in total. The Morgan fingerprint density at radius 2 is 1.00 bits per heavy atom. The van der Waals surface area contributed by atoms with Gasteiger partial charge >= 0.3 is 0 Å². The Morgan fingerprint density at radius 3 is 1.28 bits per heavy atom. The summed E-state index contributed by atoms with van der Waals surface area (Å²) in [5.74, 6) is 0.740. The molecule has 0 saturated heterocycles. The zero-order valence-electron chi connectivity index (χ0n) is 18.8. The summed E-state index contributed by atoms with van der Waals surface area (Å²) in [5, 5.41) is 21.7. The summed E-state index contributed by atoms with van der Waals surface area (Å²) in [5.41, 5.74) is 4.19. The molecule has 2 aromatic rings. The van der Waals surface area contributed by atoms with Gasteiger partial charge in [-0.15, -0.1) is 0 Å². The van der Waals surface area contributed by atoms with Gasteiger partial charge in [0.1, 0.15) is 11.5 Å². The molecule has 0 unspecified atom stereocenters. The molecular formula is C24H34O2S3. The largest absolute Gasteiger partial charge is 0.506 e. The van der Waals surface area contributed by atoms with Crippen molar-refractivity contribution in [1.82, 2.24) is 0 Å². The number of phenolic OH excluding ortho intramolecular Hbond substituents is 2. The number of phenols is 2. The molecule has 0 bridgehead atoms. The van der Waals surface area contributed by atoms with Crippen LogP contribution in [0.25, 0.3) is 0 Å². The van der Waals surface area contributed by atoms with Crippen molar-refractivity contribution in [3.05, 3.63) is 46.5 Å². The van der Waals surface area contributed by atoms with E-state index in [0.717, 1.165) is 33.8 Å². The van der Waals surface area contributed by atoms with Crippen LogP contribution in [0.15, 0.2) is 34.1 Å². The molecule has 0 aliphatic rings. The Balaban J connectivity index is 2.29. The van der Waals surface area contributed by atoms with E-state index in [9.17, 15) is 10.2 Å². The van der Waals surface area contributed by atoms with Gasteiger partial charge < -0.3 is 10.2 Å². The van der Waals surface area contributed by atoms with Crippen LogP contribution < -0.4 is 0 Å². The maximum Gasteiger partial charge on any atom is 0.133 e. The summed E-state index contributed by atoms with van der Waals surface area (Å²) in [6, 6.07) is 8.38. The fraction of sp³-hybridized carbons (Fsp3) is 0.500. The fourth-order valence-electron chi connectivity index (χ4n) is 3.10. The molecule has 0 aliphatic heterocycles. The molecule has 160 valence electrons. The third-order valence-electron chi connectivity index (χ3n) is 4.95. The normalized spacial score (nSPS) is 12.4. The van der Waals surface area contributed by atoms with Gasteiger partial charge in [-0.2, -0.15) is 0 Å². The van der Waals surface area contributed by atoms with Crippen LogP contribution in [0.4, 0.5) is 0 Å². The van der Waals surface area contributed by atoms with E-state index in [-0.39, 0.29) is 10.8 Å². The Morgan fingerprint density at radius 1 is 0.655 bits per heavy atom. The van der Waals surface area contributed by atoms with Gasteiger partial charge in [0.15, 0.2) is 0 Å². The number of benzene rings is 2. The average Bonchev–Trinajstić information content (AvgIpc) is 2.62. The first-order valence-electron chi connectivity index (χ1n) is 10.1. The van der Waals surface area contributed by atoms with Gasteiger partial charge in [-0.3, -0.25) is 0 Å². The van der Waals surface area contributed by atoms with Gasteiger partial charge in [0.05, 0.1) is 9.79 Å². The van der Waals surface area contributed by atoms with Gasteiger partial charge in [0.2, 0.25) is 0 Å². The minimum absolute atomic E-state index is 0.113. The molecule has 0 aliphatic carbocycles. The molecule has 0 atom stereocenters. The van der Waals surface area contributed by atoms with Gasteiger partial charge in [-0.1, -0.05) is 67.5 Å². The van der Waals surface area contributed by atoms with Gasteiger partial charge in [0, 0.05) is 11.1 Å². The Labute approximate surface area is 188 Å². The lowest BCUT2D eigenvalue weighted by atomic mass is 9.85. The molecule has 0 spiro atoms. The highest BCUT2D eigenvalue weighted by Gasteiger charge is 2.23. The van der Waals surface area contributed by atoms with Crippen molar-refractivity contribution in [3.8, 4) is 11.5 Å². The van der Waals surface area contributed by atoms with Gasteiger partial charge in [-0.05, 0) is 78.3 Å². The Hall–Kier alpha value is -0.910. The van der Waals surface area contributed by atoms with E-state index in [1.54, 1.807) is 31.4 Å². The van der Waals surface area contributed by atoms with E-state index in [2.05, 4.69) is 79.7 Å². The summed E-state index contributed by atoms with van der Waals surface area (Å²) in [6.45, 7) is 17.0. The van der Waals surface area contributed by atoms with Crippen LogP contribution in [0.3, 0.4) is 0 Å². The molecule has 0 aromatic heterocycles. The smallest absolute Gasteiger partial charge is 0.133 e. The number of rotatable bonds is 6. The van der Waals surface area contributed by atoms with Gasteiger partial charge in [-0.25, -0.2) is 0 Å². The standard InChI is InChI=1S/C24H34O2S3/c1-9-15-11-17(23(3,4)5)21(25)19(13-15)27-29-28-20-14-16(10-2)12-18(22(20)26)24(6,7)8/h11-14,25-26H,9-10H2,1-8H3. The second-order valence-electron chi connectivity index (χ2n) is 9.42. The van der Waals surface area contributed by atoms with E-state index in [4.69, 9.17) is 0 Å². The van der Waals surface area contributed by atoms with E-state index in [1.165, 1.54) is 11.1 Å². The minimum atomic E-state index is -0.113. The monoisotopic (exact) mass is 450 g/mol. The Bertz CT molecular complexity index is 790. The van der Waals surface area contributed by atoms with Crippen LogP contribution in [0, 0.1) is 0 Å². The predicted molar refractivity (Wildman–Crippen MR) is 132 cm³/mol. The second-order valence-corrected chi connectivity index (χ2v) is 13.4. The molecular weight excluding hydrogens is 416 g/mol. The molecule has 0 saturated carbocycles. The topological polar surface area (TPSA) is 40.5 Å². The van der Waals surface area contributed by atoms with E-state index >= 15 is 0 Å². The highest BCUT2D eigenvalue weighted by atomic mass is 33.5.